The second-order valence-corrected chi connectivity index (χ2v) is 9.79. The van der Waals surface area contributed by atoms with Crippen LogP contribution in [0.25, 0.3) is 11.1 Å². The Kier molecular flexibility index (Phi) is 6.92. The van der Waals surface area contributed by atoms with E-state index < -0.39 is 5.41 Å². The van der Waals surface area contributed by atoms with E-state index in [1.807, 2.05) is 31.1 Å². The number of aromatic nitrogens is 1. The van der Waals surface area contributed by atoms with Gasteiger partial charge in [0.15, 0.2) is 0 Å². The van der Waals surface area contributed by atoms with Gasteiger partial charge in [-0.15, -0.1) is 0 Å². The van der Waals surface area contributed by atoms with Gasteiger partial charge in [0, 0.05) is 45.5 Å². The SMILES string of the molecule is CN(C)C(=O)[C@]1(Cc2cccc(-c3ccncc3)c2)CCCN(C(=O)C2CCCCC2)C1. The van der Waals surface area contributed by atoms with Gasteiger partial charge in [0.2, 0.25) is 11.8 Å². The van der Waals surface area contributed by atoms with Gasteiger partial charge in [-0.3, -0.25) is 14.6 Å². The Morgan fingerprint density at radius 2 is 1.78 bits per heavy atom. The number of likely N-dealkylation sites (tertiary alicyclic amines) is 1. The van der Waals surface area contributed by atoms with E-state index in [-0.39, 0.29) is 17.7 Å². The summed E-state index contributed by atoms with van der Waals surface area (Å²) < 4.78 is 0. The quantitative estimate of drug-likeness (QED) is 0.694. The second kappa shape index (κ2) is 9.85. The van der Waals surface area contributed by atoms with Gasteiger partial charge >= 0.3 is 0 Å². The highest BCUT2D eigenvalue weighted by atomic mass is 16.2. The van der Waals surface area contributed by atoms with Gasteiger partial charge in [-0.2, -0.15) is 0 Å². The zero-order valence-corrected chi connectivity index (χ0v) is 19.4. The molecular formula is C27H35N3O2. The van der Waals surface area contributed by atoms with Crippen LogP contribution in [0.2, 0.25) is 0 Å². The summed E-state index contributed by atoms with van der Waals surface area (Å²) in [6.07, 6.45) is 11.5. The molecule has 2 fully saturated rings. The van der Waals surface area contributed by atoms with Crippen LogP contribution < -0.4 is 0 Å². The number of amides is 2. The second-order valence-electron chi connectivity index (χ2n) is 9.79. The highest BCUT2D eigenvalue weighted by molar-refractivity contribution is 5.85. The standard InChI is InChI=1S/C27H35N3O2/c1-29(2)26(32)27(14-7-17-30(20-27)25(31)23-9-4-3-5-10-23)19-21-8-6-11-24(18-21)22-12-15-28-16-13-22/h6,8,11-13,15-16,18,23H,3-5,7,9-10,14,17,19-20H2,1-2H3/t27-/m0/s1. The van der Waals surface area contributed by atoms with Gasteiger partial charge in [0.25, 0.3) is 0 Å². The molecule has 0 bridgehead atoms. The highest BCUT2D eigenvalue weighted by Gasteiger charge is 2.45. The number of piperidine rings is 1. The van der Waals surface area contributed by atoms with E-state index in [1.54, 1.807) is 17.3 Å². The average Bonchev–Trinajstić information content (AvgIpc) is 2.84. The first kappa shape index (κ1) is 22.5. The highest BCUT2D eigenvalue weighted by Crippen LogP contribution is 2.38. The predicted octanol–water partition coefficient (Wildman–Crippen LogP) is 4.57. The van der Waals surface area contributed by atoms with Gasteiger partial charge in [-0.1, -0.05) is 43.5 Å². The number of hydrogen-bond acceptors (Lipinski definition) is 3. The average molecular weight is 434 g/mol. The van der Waals surface area contributed by atoms with Gasteiger partial charge in [0.05, 0.1) is 5.41 Å². The fraction of sp³-hybridized carbons (Fsp3) is 0.519. The monoisotopic (exact) mass is 433 g/mol. The third-order valence-electron chi connectivity index (χ3n) is 7.19. The summed E-state index contributed by atoms with van der Waals surface area (Å²) in [5.74, 6) is 0.544. The van der Waals surface area contributed by atoms with Gasteiger partial charge in [-0.25, -0.2) is 0 Å². The van der Waals surface area contributed by atoms with Crippen LogP contribution in [0.4, 0.5) is 0 Å². The van der Waals surface area contributed by atoms with Crippen LogP contribution in [0.5, 0.6) is 0 Å². The van der Waals surface area contributed by atoms with Crippen molar-refractivity contribution < 1.29 is 9.59 Å². The van der Waals surface area contributed by atoms with Crippen molar-refractivity contribution in [3.05, 3.63) is 54.4 Å². The molecule has 1 aliphatic carbocycles. The number of carbonyl (C=O) groups excluding carboxylic acids is 2. The summed E-state index contributed by atoms with van der Waals surface area (Å²) in [7, 11) is 3.67. The van der Waals surface area contributed by atoms with Crippen molar-refractivity contribution in [3.8, 4) is 11.1 Å². The third-order valence-corrected chi connectivity index (χ3v) is 7.19. The molecule has 5 heteroatoms. The molecular weight excluding hydrogens is 398 g/mol. The van der Waals surface area contributed by atoms with Crippen molar-refractivity contribution in [1.29, 1.82) is 0 Å². The summed E-state index contributed by atoms with van der Waals surface area (Å²) in [6.45, 7) is 1.30. The number of carbonyl (C=O) groups is 2. The molecule has 5 nitrogen and oxygen atoms in total. The van der Waals surface area contributed by atoms with Gasteiger partial charge in [0.1, 0.15) is 0 Å². The lowest BCUT2D eigenvalue weighted by molar-refractivity contribution is -0.149. The van der Waals surface area contributed by atoms with Crippen molar-refractivity contribution in [2.24, 2.45) is 11.3 Å². The Hall–Kier alpha value is -2.69. The van der Waals surface area contributed by atoms with Crippen LogP contribution in [-0.2, 0) is 16.0 Å². The molecule has 2 aliphatic rings. The zero-order chi connectivity index (χ0) is 22.6. The molecule has 0 unspecified atom stereocenters. The van der Waals surface area contributed by atoms with Crippen LogP contribution in [0.15, 0.2) is 48.8 Å². The Morgan fingerprint density at radius 3 is 2.50 bits per heavy atom. The first-order valence-electron chi connectivity index (χ1n) is 12.0. The molecule has 1 aromatic heterocycles. The molecule has 32 heavy (non-hydrogen) atoms. The molecule has 0 radical (unpaired) electrons. The van der Waals surface area contributed by atoms with Crippen molar-refractivity contribution in [3.63, 3.8) is 0 Å². The largest absolute Gasteiger partial charge is 0.348 e. The van der Waals surface area contributed by atoms with Crippen LogP contribution in [0.1, 0.15) is 50.5 Å². The predicted molar refractivity (Wildman–Crippen MR) is 127 cm³/mol. The Bertz CT molecular complexity index is 937. The Labute approximate surface area is 191 Å². The number of pyridine rings is 1. The summed E-state index contributed by atoms with van der Waals surface area (Å²) in [6, 6.07) is 12.5. The van der Waals surface area contributed by atoms with Crippen molar-refractivity contribution in [1.82, 2.24) is 14.8 Å². The maximum atomic E-state index is 13.5. The van der Waals surface area contributed by atoms with E-state index in [4.69, 9.17) is 0 Å². The summed E-state index contributed by atoms with van der Waals surface area (Å²) in [4.78, 5) is 34.7. The zero-order valence-electron chi connectivity index (χ0n) is 19.4. The first-order valence-corrected chi connectivity index (χ1v) is 12.0. The number of rotatable bonds is 5. The molecule has 170 valence electrons. The number of hydrogen-bond donors (Lipinski definition) is 0. The lowest BCUT2D eigenvalue weighted by atomic mass is 9.73. The minimum absolute atomic E-state index is 0.132. The smallest absolute Gasteiger partial charge is 0.230 e. The minimum atomic E-state index is -0.567. The molecule has 1 saturated heterocycles. The fourth-order valence-corrected chi connectivity index (χ4v) is 5.59. The van der Waals surface area contributed by atoms with Crippen molar-refractivity contribution in [2.75, 3.05) is 27.2 Å². The van der Waals surface area contributed by atoms with E-state index in [1.165, 1.54) is 6.42 Å². The Morgan fingerprint density at radius 1 is 1.03 bits per heavy atom. The molecule has 0 spiro atoms. The van der Waals surface area contributed by atoms with Gasteiger partial charge in [-0.05, 0) is 60.9 Å². The molecule has 0 N–H and O–H groups in total. The minimum Gasteiger partial charge on any atom is -0.348 e. The molecule has 2 heterocycles. The van der Waals surface area contributed by atoms with Crippen molar-refractivity contribution in [2.45, 2.75) is 51.4 Å². The number of benzene rings is 1. The molecule has 4 rings (SSSR count). The van der Waals surface area contributed by atoms with Crippen LogP contribution >= 0.6 is 0 Å². The normalized spacial score (nSPS) is 21.9. The summed E-state index contributed by atoms with van der Waals surface area (Å²) >= 11 is 0. The fourth-order valence-electron chi connectivity index (χ4n) is 5.59. The van der Waals surface area contributed by atoms with Gasteiger partial charge < -0.3 is 9.80 Å². The molecule has 1 aromatic carbocycles. The summed E-state index contributed by atoms with van der Waals surface area (Å²) in [5.41, 5.74) is 2.82. The maximum Gasteiger partial charge on any atom is 0.230 e. The lowest BCUT2D eigenvalue weighted by Gasteiger charge is -2.44. The van der Waals surface area contributed by atoms with E-state index in [0.29, 0.717) is 13.0 Å². The molecule has 2 aromatic rings. The molecule has 1 atom stereocenters. The lowest BCUT2D eigenvalue weighted by Crippen LogP contribution is -2.55. The van der Waals surface area contributed by atoms with Crippen LogP contribution in [0.3, 0.4) is 0 Å². The first-order chi connectivity index (χ1) is 15.5. The molecule has 1 aliphatic heterocycles. The van der Waals surface area contributed by atoms with Crippen molar-refractivity contribution >= 4 is 11.8 Å². The molecule has 1 saturated carbocycles. The van der Waals surface area contributed by atoms with E-state index in [0.717, 1.165) is 61.8 Å². The Balaban J connectivity index is 1.59. The van der Waals surface area contributed by atoms with E-state index >= 15 is 0 Å². The van der Waals surface area contributed by atoms with E-state index in [9.17, 15) is 9.59 Å². The van der Waals surface area contributed by atoms with Crippen LogP contribution in [0, 0.1) is 11.3 Å². The topological polar surface area (TPSA) is 53.5 Å². The summed E-state index contributed by atoms with van der Waals surface area (Å²) in [5, 5.41) is 0. The maximum absolute atomic E-state index is 13.5. The third kappa shape index (κ3) is 4.87. The molecule has 2 amide bonds. The van der Waals surface area contributed by atoms with Crippen LogP contribution in [-0.4, -0.2) is 53.8 Å². The number of nitrogens with zero attached hydrogens (tertiary/aromatic N) is 3. The van der Waals surface area contributed by atoms with E-state index in [2.05, 4.69) is 29.2 Å².